The van der Waals surface area contributed by atoms with Crippen molar-refractivity contribution in [2.24, 2.45) is 0 Å². The van der Waals surface area contributed by atoms with Crippen molar-refractivity contribution in [3.05, 3.63) is 132 Å². The summed E-state index contributed by atoms with van der Waals surface area (Å²) < 4.78 is 0. The molecule has 4 nitrogen and oxygen atoms in total. The van der Waals surface area contributed by atoms with Gasteiger partial charge >= 0.3 is 0 Å². The third kappa shape index (κ3) is 6.21. The van der Waals surface area contributed by atoms with Crippen molar-refractivity contribution in [1.29, 1.82) is 0 Å². The largest absolute Gasteiger partial charge is 0.483 e. The Hall–Kier alpha value is -3.73. The average Bonchev–Trinajstić information content (AvgIpc) is 3.20. The van der Waals surface area contributed by atoms with Gasteiger partial charge in [0.15, 0.2) is 0 Å². The Labute approximate surface area is 226 Å². The maximum absolute atomic E-state index is 8.36. The third-order valence-electron chi connectivity index (χ3n) is 7.98. The van der Waals surface area contributed by atoms with Crippen molar-refractivity contribution in [2.45, 2.75) is 56.4 Å². The van der Waals surface area contributed by atoms with E-state index >= 15 is 0 Å². The standard InChI is InChI=1S/C33H34N2.CH2O2/c1-4-10-25(11-5-1)24-35-31-20-21-32(35)23-30(22-31)34-33(28-14-8-3-9-15-28)29-18-16-27(17-19-29)26-12-6-2-7-13-26;2-1-3/h1-19,30-34H,20-24H2;1H,(H,2,3)/t30?,31-,32+,33-;/m1./s1. The Morgan fingerprint density at radius 1 is 0.711 bits per heavy atom. The van der Waals surface area contributed by atoms with Crippen LogP contribution in [0.2, 0.25) is 0 Å². The Bertz CT molecular complexity index is 1250. The molecule has 4 atom stereocenters. The number of nitrogens with zero attached hydrogens (tertiary/aromatic N) is 1. The van der Waals surface area contributed by atoms with Crippen molar-refractivity contribution in [1.82, 2.24) is 10.2 Å². The number of carboxylic acid groups (broad SMARTS) is 1. The van der Waals surface area contributed by atoms with Crippen LogP contribution in [0, 0.1) is 0 Å². The lowest BCUT2D eigenvalue weighted by Crippen LogP contribution is -2.49. The molecule has 38 heavy (non-hydrogen) atoms. The van der Waals surface area contributed by atoms with Crippen LogP contribution in [-0.4, -0.2) is 34.6 Å². The molecule has 2 N–H and O–H groups in total. The molecule has 0 aliphatic carbocycles. The molecule has 1 unspecified atom stereocenters. The van der Waals surface area contributed by atoms with Crippen molar-refractivity contribution in [2.75, 3.05) is 0 Å². The molecule has 2 aliphatic rings. The first-order valence-corrected chi connectivity index (χ1v) is 13.6. The number of fused-ring (bicyclic) bond motifs is 2. The van der Waals surface area contributed by atoms with E-state index in [-0.39, 0.29) is 12.5 Å². The summed E-state index contributed by atoms with van der Waals surface area (Å²) in [5.41, 5.74) is 6.67. The highest BCUT2D eigenvalue weighted by Gasteiger charge is 2.41. The van der Waals surface area contributed by atoms with E-state index in [4.69, 9.17) is 9.90 Å². The maximum Gasteiger partial charge on any atom is 0.290 e. The lowest BCUT2D eigenvalue weighted by molar-refractivity contribution is -0.122. The molecule has 2 bridgehead atoms. The van der Waals surface area contributed by atoms with Crippen LogP contribution in [0.5, 0.6) is 0 Å². The Morgan fingerprint density at radius 3 is 1.76 bits per heavy atom. The molecule has 0 amide bonds. The summed E-state index contributed by atoms with van der Waals surface area (Å²) >= 11 is 0. The van der Waals surface area contributed by atoms with E-state index in [1.165, 1.54) is 53.5 Å². The molecule has 4 aromatic rings. The summed E-state index contributed by atoms with van der Waals surface area (Å²) in [6, 6.07) is 43.9. The lowest BCUT2D eigenvalue weighted by atomic mass is 9.91. The summed E-state index contributed by atoms with van der Waals surface area (Å²) in [6.07, 6.45) is 5.12. The zero-order valence-corrected chi connectivity index (χ0v) is 21.7. The second-order valence-corrected chi connectivity index (χ2v) is 10.3. The van der Waals surface area contributed by atoms with Crippen molar-refractivity contribution >= 4 is 6.47 Å². The van der Waals surface area contributed by atoms with Gasteiger partial charge in [0, 0.05) is 24.7 Å². The average molecular weight is 505 g/mol. The first-order chi connectivity index (χ1) is 18.7. The van der Waals surface area contributed by atoms with Gasteiger partial charge < -0.3 is 10.4 Å². The summed E-state index contributed by atoms with van der Waals surface area (Å²) in [6.45, 7) is 0.839. The van der Waals surface area contributed by atoms with Gasteiger partial charge in [-0.3, -0.25) is 9.69 Å². The van der Waals surface area contributed by atoms with Gasteiger partial charge in [0.05, 0.1) is 6.04 Å². The van der Waals surface area contributed by atoms with E-state index in [0.29, 0.717) is 18.1 Å². The highest BCUT2D eigenvalue weighted by atomic mass is 16.3. The van der Waals surface area contributed by atoms with Crippen LogP contribution in [0.25, 0.3) is 11.1 Å². The van der Waals surface area contributed by atoms with Gasteiger partial charge in [-0.1, -0.05) is 115 Å². The van der Waals surface area contributed by atoms with Gasteiger partial charge in [-0.2, -0.15) is 0 Å². The number of hydrogen-bond acceptors (Lipinski definition) is 3. The van der Waals surface area contributed by atoms with Crippen molar-refractivity contribution in [3.63, 3.8) is 0 Å². The molecular formula is C34H36N2O2. The monoisotopic (exact) mass is 504 g/mol. The lowest BCUT2D eigenvalue weighted by Gasteiger charge is -2.40. The number of nitrogens with one attached hydrogen (secondary N) is 1. The molecular weight excluding hydrogens is 468 g/mol. The van der Waals surface area contributed by atoms with Crippen LogP contribution in [0.4, 0.5) is 0 Å². The zero-order chi connectivity index (χ0) is 26.2. The highest BCUT2D eigenvalue weighted by molar-refractivity contribution is 5.63. The molecule has 2 saturated heterocycles. The molecule has 0 spiro atoms. The minimum Gasteiger partial charge on any atom is -0.483 e. The second-order valence-electron chi connectivity index (χ2n) is 10.3. The summed E-state index contributed by atoms with van der Waals surface area (Å²) in [4.78, 5) is 11.1. The number of hydrogen-bond donors (Lipinski definition) is 2. The Morgan fingerprint density at radius 2 is 1.18 bits per heavy atom. The summed E-state index contributed by atoms with van der Waals surface area (Å²) in [5, 5.41) is 11.0. The number of rotatable bonds is 7. The first kappa shape index (κ1) is 25.9. The SMILES string of the molecule is O=CO.c1ccc(CN2[C@@H]3CC[C@H]2CC(N[C@H](c2ccccc2)c2ccc(-c4ccccc4)cc2)C3)cc1. The Kier molecular flexibility index (Phi) is 8.64. The normalized spacial score (nSPS) is 21.2. The minimum absolute atomic E-state index is 0.214. The van der Waals surface area contributed by atoms with Crippen LogP contribution in [-0.2, 0) is 11.3 Å². The van der Waals surface area contributed by atoms with Crippen molar-refractivity contribution < 1.29 is 9.90 Å². The van der Waals surface area contributed by atoms with E-state index in [1.807, 2.05) is 0 Å². The fourth-order valence-electron chi connectivity index (χ4n) is 6.23. The van der Waals surface area contributed by atoms with Gasteiger partial charge in [-0.05, 0) is 53.5 Å². The van der Waals surface area contributed by atoms with Gasteiger partial charge in [-0.25, -0.2) is 0 Å². The number of benzene rings is 4. The topological polar surface area (TPSA) is 52.6 Å². The number of carbonyl (C=O) groups is 1. The molecule has 4 heteroatoms. The van der Waals surface area contributed by atoms with Gasteiger partial charge in [0.25, 0.3) is 6.47 Å². The fraction of sp³-hybridized carbons (Fsp3) is 0.265. The predicted molar refractivity (Wildman–Crippen MR) is 154 cm³/mol. The van der Waals surface area contributed by atoms with Crippen LogP contribution < -0.4 is 5.32 Å². The number of piperidine rings is 1. The molecule has 0 aromatic heterocycles. The fourth-order valence-corrected chi connectivity index (χ4v) is 6.23. The maximum atomic E-state index is 8.36. The third-order valence-corrected chi connectivity index (χ3v) is 7.98. The molecule has 0 saturated carbocycles. The van der Waals surface area contributed by atoms with Crippen LogP contribution >= 0.6 is 0 Å². The molecule has 0 radical (unpaired) electrons. The van der Waals surface area contributed by atoms with Gasteiger partial charge in [0.2, 0.25) is 0 Å². The van der Waals surface area contributed by atoms with E-state index in [1.54, 1.807) is 0 Å². The summed E-state index contributed by atoms with van der Waals surface area (Å²) in [5.74, 6) is 0. The second kappa shape index (κ2) is 12.7. The van der Waals surface area contributed by atoms with E-state index in [2.05, 4.69) is 125 Å². The van der Waals surface area contributed by atoms with Crippen molar-refractivity contribution in [3.8, 4) is 11.1 Å². The zero-order valence-electron chi connectivity index (χ0n) is 21.7. The first-order valence-electron chi connectivity index (χ1n) is 13.6. The van der Waals surface area contributed by atoms with Gasteiger partial charge in [0.1, 0.15) is 0 Å². The molecule has 2 aliphatic heterocycles. The molecule has 2 fully saturated rings. The quantitative estimate of drug-likeness (QED) is 0.268. The minimum atomic E-state index is -0.250. The summed E-state index contributed by atoms with van der Waals surface area (Å²) in [7, 11) is 0. The predicted octanol–water partition coefficient (Wildman–Crippen LogP) is 6.93. The van der Waals surface area contributed by atoms with Crippen LogP contribution in [0.1, 0.15) is 48.4 Å². The van der Waals surface area contributed by atoms with E-state index in [0.717, 1.165) is 6.54 Å². The Balaban J connectivity index is 0.000000937. The van der Waals surface area contributed by atoms with E-state index < -0.39 is 0 Å². The van der Waals surface area contributed by atoms with E-state index in [9.17, 15) is 0 Å². The highest BCUT2D eigenvalue weighted by Crippen LogP contribution is 2.38. The smallest absolute Gasteiger partial charge is 0.290 e. The van der Waals surface area contributed by atoms with Crippen LogP contribution in [0.15, 0.2) is 115 Å². The van der Waals surface area contributed by atoms with Crippen LogP contribution in [0.3, 0.4) is 0 Å². The molecule has 6 rings (SSSR count). The molecule has 194 valence electrons. The molecule has 2 heterocycles. The van der Waals surface area contributed by atoms with Gasteiger partial charge in [-0.15, -0.1) is 0 Å². The molecule has 4 aromatic carbocycles.